The number of rotatable bonds is 0. The molecule has 0 aromatic heterocycles. The molecule has 0 N–H and O–H groups in total. The van der Waals surface area contributed by atoms with Crippen molar-refractivity contribution < 1.29 is 4.74 Å². The molecule has 0 fully saturated rings. The zero-order chi connectivity index (χ0) is 6.81. The van der Waals surface area contributed by atoms with Gasteiger partial charge in [0.05, 0.1) is 0 Å². The fraction of sp³-hybridized carbons (Fsp3) is 0.111. The van der Waals surface area contributed by atoms with Crippen LogP contribution in [0.3, 0.4) is 0 Å². The number of ether oxygens (including phenoxy) is 1. The minimum atomic E-state index is 0.674. The second-order valence-corrected chi connectivity index (χ2v) is 2.17. The van der Waals surface area contributed by atoms with Crippen molar-refractivity contribution in [3.05, 3.63) is 35.9 Å². The van der Waals surface area contributed by atoms with E-state index in [-0.39, 0.29) is 0 Å². The van der Waals surface area contributed by atoms with Gasteiger partial charge in [0.1, 0.15) is 12.4 Å². The Bertz CT molecular complexity index is 263. The molecule has 0 bridgehead atoms. The summed E-state index contributed by atoms with van der Waals surface area (Å²) in [5, 5.41) is 0. The smallest absolute Gasteiger partial charge is 0.134 e. The first-order valence-corrected chi connectivity index (χ1v) is 3.27. The third-order valence-corrected chi connectivity index (χ3v) is 1.47. The van der Waals surface area contributed by atoms with Gasteiger partial charge in [-0.05, 0) is 6.08 Å². The molecule has 49 valence electrons. The van der Waals surface area contributed by atoms with Gasteiger partial charge in [-0.3, -0.25) is 0 Å². The van der Waals surface area contributed by atoms with Crippen molar-refractivity contribution in [3.8, 4) is 5.75 Å². The van der Waals surface area contributed by atoms with Gasteiger partial charge >= 0.3 is 0 Å². The fourth-order valence-electron chi connectivity index (χ4n) is 0.997. The molecule has 1 heterocycles. The van der Waals surface area contributed by atoms with Crippen LogP contribution in [0, 0.1) is 6.07 Å². The van der Waals surface area contributed by atoms with E-state index in [0.717, 1.165) is 11.3 Å². The Balaban J connectivity index is 2.54. The van der Waals surface area contributed by atoms with E-state index in [0.29, 0.717) is 6.61 Å². The van der Waals surface area contributed by atoms with E-state index in [4.69, 9.17) is 4.74 Å². The van der Waals surface area contributed by atoms with Gasteiger partial charge in [0.15, 0.2) is 0 Å². The SMILES string of the molecule is [c]1cccc2c1OCC=C2. The van der Waals surface area contributed by atoms with Crippen LogP contribution in [0.5, 0.6) is 5.75 Å². The maximum absolute atomic E-state index is 5.28. The molecule has 0 saturated carbocycles. The molecular weight excluding hydrogens is 124 g/mol. The lowest BCUT2D eigenvalue weighted by Gasteiger charge is -2.09. The van der Waals surface area contributed by atoms with Crippen molar-refractivity contribution in [2.24, 2.45) is 0 Å². The average molecular weight is 131 g/mol. The van der Waals surface area contributed by atoms with Gasteiger partial charge in [-0.25, -0.2) is 0 Å². The molecule has 0 aliphatic carbocycles. The topological polar surface area (TPSA) is 9.23 Å². The van der Waals surface area contributed by atoms with E-state index in [9.17, 15) is 0 Å². The first-order chi connectivity index (χ1) is 4.97. The maximum atomic E-state index is 5.28. The lowest BCUT2D eigenvalue weighted by molar-refractivity contribution is 0.358. The van der Waals surface area contributed by atoms with E-state index in [2.05, 4.69) is 12.1 Å². The molecule has 1 radical (unpaired) electrons. The van der Waals surface area contributed by atoms with Crippen molar-refractivity contribution in [2.75, 3.05) is 6.61 Å². The summed E-state index contributed by atoms with van der Waals surface area (Å²) in [6.45, 7) is 0.674. The Morgan fingerprint density at radius 1 is 1.50 bits per heavy atom. The van der Waals surface area contributed by atoms with Gasteiger partial charge in [-0.1, -0.05) is 24.3 Å². The van der Waals surface area contributed by atoms with Crippen LogP contribution in [0.4, 0.5) is 0 Å². The number of hydrogen-bond acceptors (Lipinski definition) is 1. The van der Waals surface area contributed by atoms with E-state index in [1.807, 2.05) is 24.3 Å². The molecule has 1 nitrogen and oxygen atoms in total. The van der Waals surface area contributed by atoms with Crippen LogP contribution in [0.15, 0.2) is 24.3 Å². The molecule has 1 aromatic carbocycles. The number of hydrogen-bond donors (Lipinski definition) is 0. The Hall–Kier alpha value is -1.24. The highest BCUT2D eigenvalue weighted by molar-refractivity contribution is 5.58. The van der Waals surface area contributed by atoms with Crippen molar-refractivity contribution in [1.29, 1.82) is 0 Å². The highest BCUT2D eigenvalue weighted by atomic mass is 16.5. The van der Waals surface area contributed by atoms with Gasteiger partial charge in [0.25, 0.3) is 0 Å². The van der Waals surface area contributed by atoms with Crippen LogP contribution in [0.25, 0.3) is 6.08 Å². The minimum Gasteiger partial charge on any atom is -0.488 e. The quantitative estimate of drug-likeness (QED) is 0.522. The predicted octanol–water partition coefficient (Wildman–Crippen LogP) is 1.89. The van der Waals surface area contributed by atoms with Gasteiger partial charge in [-0.2, -0.15) is 0 Å². The fourth-order valence-corrected chi connectivity index (χ4v) is 0.997. The van der Waals surface area contributed by atoms with E-state index in [1.54, 1.807) is 0 Å². The van der Waals surface area contributed by atoms with E-state index < -0.39 is 0 Å². The van der Waals surface area contributed by atoms with Crippen molar-refractivity contribution in [2.45, 2.75) is 0 Å². The summed E-state index contributed by atoms with van der Waals surface area (Å²) in [7, 11) is 0. The standard InChI is InChI=1S/C9H7O/c1-2-6-9-8(4-1)5-3-7-10-9/h1-5H,7H2. The third kappa shape index (κ3) is 0.798. The predicted molar refractivity (Wildman–Crippen MR) is 39.8 cm³/mol. The molecule has 10 heavy (non-hydrogen) atoms. The van der Waals surface area contributed by atoms with E-state index in [1.165, 1.54) is 0 Å². The first-order valence-electron chi connectivity index (χ1n) is 3.27. The molecule has 0 unspecified atom stereocenters. The molecule has 1 aromatic rings. The van der Waals surface area contributed by atoms with Gasteiger partial charge in [-0.15, -0.1) is 0 Å². The lowest BCUT2D eigenvalue weighted by Crippen LogP contribution is -1.99. The Kier molecular flexibility index (Phi) is 1.21. The Labute approximate surface area is 59.9 Å². The van der Waals surface area contributed by atoms with Crippen LogP contribution in [-0.2, 0) is 0 Å². The highest BCUT2D eigenvalue weighted by Gasteiger charge is 2.01. The number of fused-ring (bicyclic) bond motifs is 1. The molecule has 0 spiro atoms. The molecule has 0 amide bonds. The minimum absolute atomic E-state index is 0.674. The average Bonchev–Trinajstić information content (AvgIpc) is 2.05. The van der Waals surface area contributed by atoms with Gasteiger partial charge < -0.3 is 4.74 Å². The van der Waals surface area contributed by atoms with Crippen LogP contribution in [-0.4, -0.2) is 6.61 Å². The molecular formula is C9H7O. The second-order valence-electron chi connectivity index (χ2n) is 2.17. The summed E-state index contributed by atoms with van der Waals surface area (Å²) in [4.78, 5) is 0. The van der Waals surface area contributed by atoms with Crippen molar-refractivity contribution in [3.63, 3.8) is 0 Å². The maximum Gasteiger partial charge on any atom is 0.134 e. The summed E-state index contributed by atoms with van der Waals surface area (Å²) in [5.74, 6) is 0.866. The van der Waals surface area contributed by atoms with E-state index >= 15 is 0 Å². The Morgan fingerprint density at radius 2 is 2.50 bits per heavy atom. The summed E-state index contributed by atoms with van der Waals surface area (Å²) in [6, 6.07) is 8.85. The summed E-state index contributed by atoms with van der Waals surface area (Å²) < 4.78 is 5.28. The monoisotopic (exact) mass is 131 g/mol. The molecule has 1 aliphatic rings. The zero-order valence-electron chi connectivity index (χ0n) is 5.50. The van der Waals surface area contributed by atoms with Crippen LogP contribution in [0.2, 0.25) is 0 Å². The summed E-state index contributed by atoms with van der Waals surface area (Å²) >= 11 is 0. The summed E-state index contributed by atoms with van der Waals surface area (Å²) in [6.07, 6.45) is 4.05. The Morgan fingerprint density at radius 3 is 3.40 bits per heavy atom. The summed E-state index contributed by atoms with van der Waals surface area (Å²) in [5.41, 5.74) is 1.12. The molecule has 0 saturated heterocycles. The highest BCUT2D eigenvalue weighted by Crippen LogP contribution is 2.21. The van der Waals surface area contributed by atoms with Crippen LogP contribution < -0.4 is 4.74 Å². The number of benzene rings is 1. The van der Waals surface area contributed by atoms with Crippen LogP contribution >= 0.6 is 0 Å². The van der Waals surface area contributed by atoms with Gasteiger partial charge in [0.2, 0.25) is 0 Å². The molecule has 1 aliphatic heterocycles. The largest absolute Gasteiger partial charge is 0.488 e. The van der Waals surface area contributed by atoms with Gasteiger partial charge in [0, 0.05) is 11.6 Å². The number of para-hydroxylation sites is 1. The lowest BCUT2D eigenvalue weighted by atomic mass is 10.1. The normalized spacial score (nSPS) is 14.0. The molecule has 2 rings (SSSR count). The van der Waals surface area contributed by atoms with Crippen molar-refractivity contribution in [1.82, 2.24) is 0 Å². The third-order valence-electron chi connectivity index (χ3n) is 1.47. The second kappa shape index (κ2) is 2.18. The molecule has 0 atom stereocenters. The first kappa shape index (κ1) is 5.54. The van der Waals surface area contributed by atoms with Crippen LogP contribution in [0.1, 0.15) is 5.56 Å². The zero-order valence-corrected chi connectivity index (χ0v) is 5.50. The van der Waals surface area contributed by atoms with Crippen molar-refractivity contribution >= 4 is 6.08 Å². The molecule has 1 heteroatoms.